The topological polar surface area (TPSA) is 9.72 Å². The van der Waals surface area contributed by atoms with E-state index in [1.807, 2.05) is 0 Å². The first-order chi connectivity index (χ1) is 31.3. The highest BCUT2D eigenvalue weighted by molar-refractivity contribution is 7.00. The summed E-state index contributed by atoms with van der Waals surface area (Å²) in [5.41, 5.74) is 19.8. The zero-order valence-electron chi connectivity index (χ0n) is 41.1. The van der Waals surface area contributed by atoms with Gasteiger partial charge in [0.1, 0.15) is 0 Å². The smallest absolute Gasteiger partial charge is 0.252 e. The fourth-order valence-corrected chi connectivity index (χ4v) is 10.2. The van der Waals surface area contributed by atoms with Gasteiger partial charge < -0.3 is 14.7 Å². The van der Waals surface area contributed by atoms with Crippen molar-refractivity contribution in [1.82, 2.24) is 0 Å². The minimum absolute atomic E-state index is 0.0171. The van der Waals surface area contributed by atoms with Crippen LogP contribution < -0.4 is 31.1 Å². The van der Waals surface area contributed by atoms with E-state index in [1.165, 1.54) is 72.2 Å². The first-order valence-electron chi connectivity index (χ1n) is 23.9. The monoisotopic (exact) mass is 862 g/mol. The van der Waals surface area contributed by atoms with Crippen molar-refractivity contribution in [2.45, 2.75) is 105 Å². The molecule has 0 fully saturated rings. The molecule has 0 amide bonds. The van der Waals surface area contributed by atoms with E-state index >= 15 is 0 Å². The fraction of sp³-hybridized carbons (Fsp3) is 0.258. The third-order valence-corrected chi connectivity index (χ3v) is 14.0. The molecule has 0 spiro atoms. The van der Waals surface area contributed by atoms with Crippen LogP contribution in [-0.4, -0.2) is 6.71 Å². The molecule has 0 aromatic heterocycles. The zero-order chi connectivity index (χ0) is 46.5. The molecule has 0 aliphatic carbocycles. The number of anilines is 9. The van der Waals surface area contributed by atoms with E-state index in [9.17, 15) is 0 Å². The predicted molar refractivity (Wildman–Crippen MR) is 287 cm³/mol. The molecular weight excluding hydrogens is 798 g/mol. The van der Waals surface area contributed by atoms with Gasteiger partial charge in [0.25, 0.3) is 6.71 Å². The second kappa shape index (κ2) is 15.5. The standard InChI is InChI=1S/C62H64BN3/c1-59(2,3)42-25-31-47(32-26-42)65-54-35-29-44(61(7,8)9)37-51(54)63-52-38-45(62(10,11)12)30-36-55(52)66(48-33-27-43(28-34-48)60(4,5)6)57-40-49(39-56(65)58(57)63)64(46-21-14-13-15-22-46)53-24-18-20-41-19-16-17-23-50(41)53/h13-40H,1-12H3. The van der Waals surface area contributed by atoms with Crippen molar-refractivity contribution in [3.8, 4) is 0 Å². The number of rotatable bonds is 5. The highest BCUT2D eigenvalue weighted by atomic mass is 15.2. The number of fused-ring (bicyclic) bond motifs is 5. The van der Waals surface area contributed by atoms with Crippen molar-refractivity contribution in [3.05, 3.63) is 192 Å². The summed E-state index contributed by atoms with van der Waals surface area (Å²) in [5, 5.41) is 2.42. The van der Waals surface area contributed by atoms with E-state index in [2.05, 4.69) is 268 Å². The lowest BCUT2D eigenvalue weighted by molar-refractivity contribution is 0.590. The van der Waals surface area contributed by atoms with Crippen LogP contribution in [0.1, 0.15) is 105 Å². The Morgan fingerprint density at radius 2 is 0.788 bits per heavy atom. The van der Waals surface area contributed by atoms with Gasteiger partial charge >= 0.3 is 0 Å². The Bertz CT molecular complexity index is 2970. The van der Waals surface area contributed by atoms with E-state index in [0.29, 0.717) is 0 Å². The first kappa shape index (κ1) is 43.4. The molecule has 66 heavy (non-hydrogen) atoms. The maximum atomic E-state index is 2.57. The van der Waals surface area contributed by atoms with E-state index in [0.717, 1.165) is 28.4 Å². The Kier molecular flexibility index (Phi) is 10.2. The van der Waals surface area contributed by atoms with Gasteiger partial charge in [0.2, 0.25) is 0 Å². The summed E-state index contributed by atoms with van der Waals surface area (Å²) in [4.78, 5) is 7.62. The molecule has 0 atom stereocenters. The van der Waals surface area contributed by atoms with Crippen molar-refractivity contribution in [2.24, 2.45) is 0 Å². The highest BCUT2D eigenvalue weighted by Crippen LogP contribution is 2.50. The quantitative estimate of drug-likeness (QED) is 0.160. The summed E-state index contributed by atoms with van der Waals surface area (Å²) in [6.45, 7) is 27.8. The Labute approximate surface area is 394 Å². The Balaban J connectivity index is 1.36. The largest absolute Gasteiger partial charge is 0.311 e. The van der Waals surface area contributed by atoms with Crippen LogP contribution >= 0.6 is 0 Å². The van der Waals surface area contributed by atoms with Gasteiger partial charge in [-0.1, -0.05) is 186 Å². The maximum Gasteiger partial charge on any atom is 0.252 e. The number of nitrogens with zero attached hydrogens (tertiary/aromatic N) is 3. The molecule has 3 nitrogen and oxygen atoms in total. The molecule has 330 valence electrons. The van der Waals surface area contributed by atoms with Gasteiger partial charge in [-0.25, -0.2) is 0 Å². The van der Waals surface area contributed by atoms with Crippen LogP contribution in [0.2, 0.25) is 0 Å². The average Bonchev–Trinajstić information content (AvgIpc) is 3.28. The molecule has 2 heterocycles. The van der Waals surface area contributed by atoms with Gasteiger partial charge in [-0.05, 0) is 132 Å². The lowest BCUT2D eigenvalue weighted by atomic mass is 9.33. The van der Waals surface area contributed by atoms with Crippen molar-refractivity contribution >= 4 is 85.1 Å². The van der Waals surface area contributed by atoms with Crippen LogP contribution in [0, 0.1) is 0 Å². The molecule has 2 aliphatic rings. The lowest BCUT2D eigenvalue weighted by Crippen LogP contribution is -2.61. The molecule has 2 aliphatic heterocycles. The van der Waals surface area contributed by atoms with Gasteiger partial charge in [-0.3, -0.25) is 0 Å². The van der Waals surface area contributed by atoms with Crippen LogP contribution in [0.3, 0.4) is 0 Å². The van der Waals surface area contributed by atoms with Crippen molar-refractivity contribution in [1.29, 1.82) is 0 Å². The number of para-hydroxylation sites is 1. The highest BCUT2D eigenvalue weighted by Gasteiger charge is 2.45. The van der Waals surface area contributed by atoms with Crippen LogP contribution in [0.5, 0.6) is 0 Å². The normalized spacial score (nSPS) is 13.7. The van der Waals surface area contributed by atoms with Crippen molar-refractivity contribution < 1.29 is 0 Å². The minimum atomic E-state index is -0.0403. The Morgan fingerprint density at radius 1 is 0.364 bits per heavy atom. The second-order valence-corrected chi connectivity index (χ2v) is 22.8. The molecule has 8 aromatic carbocycles. The third kappa shape index (κ3) is 7.49. The molecule has 0 N–H and O–H groups in total. The summed E-state index contributed by atoms with van der Waals surface area (Å²) in [6.07, 6.45) is 0. The van der Waals surface area contributed by atoms with Crippen LogP contribution in [0.25, 0.3) is 10.8 Å². The fourth-order valence-electron chi connectivity index (χ4n) is 10.2. The number of hydrogen-bond donors (Lipinski definition) is 0. The Morgan fingerprint density at radius 3 is 1.26 bits per heavy atom. The average molecular weight is 862 g/mol. The van der Waals surface area contributed by atoms with E-state index in [-0.39, 0.29) is 28.4 Å². The molecule has 0 radical (unpaired) electrons. The summed E-state index contributed by atoms with van der Waals surface area (Å²) in [6, 6.07) is 64.7. The molecule has 10 rings (SSSR count). The summed E-state index contributed by atoms with van der Waals surface area (Å²) < 4.78 is 0. The van der Waals surface area contributed by atoms with Gasteiger partial charge in [-0.15, -0.1) is 0 Å². The maximum absolute atomic E-state index is 2.57. The third-order valence-electron chi connectivity index (χ3n) is 14.0. The molecule has 0 saturated heterocycles. The van der Waals surface area contributed by atoms with Crippen molar-refractivity contribution in [2.75, 3.05) is 14.7 Å². The summed E-state index contributed by atoms with van der Waals surface area (Å²) in [7, 11) is 0. The Hall–Kier alpha value is -6.52. The summed E-state index contributed by atoms with van der Waals surface area (Å²) >= 11 is 0. The second-order valence-electron chi connectivity index (χ2n) is 22.8. The number of hydrogen-bond acceptors (Lipinski definition) is 3. The van der Waals surface area contributed by atoms with Crippen LogP contribution in [0.4, 0.5) is 51.2 Å². The van der Waals surface area contributed by atoms with Crippen molar-refractivity contribution in [3.63, 3.8) is 0 Å². The predicted octanol–water partition coefficient (Wildman–Crippen LogP) is 15.6. The minimum Gasteiger partial charge on any atom is -0.311 e. The summed E-state index contributed by atoms with van der Waals surface area (Å²) in [5.74, 6) is 0. The SMILES string of the molecule is CC(C)(C)c1ccc(N2c3ccc(C(C)(C)C)cc3B3c4cc(C(C)(C)C)ccc4N(c4ccc(C(C)(C)C)cc4)c4cc(N(c5ccccc5)c5cccc6ccccc56)cc2c43)cc1. The van der Waals surface area contributed by atoms with E-state index in [4.69, 9.17) is 0 Å². The van der Waals surface area contributed by atoms with Gasteiger partial charge in [-0.2, -0.15) is 0 Å². The lowest BCUT2D eigenvalue weighted by Gasteiger charge is -2.45. The molecule has 8 aromatic rings. The molecule has 0 saturated carbocycles. The van der Waals surface area contributed by atoms with Gasteiger partial charge in [0.05, 0.1) is 11.4 Å². The molecule has 0 bridgehead atoms. The number of benzene rings is 8. The van der Waals surface area contributed by atoms with Gasteiger partial charge in [0.15, 0.2) is 0 Å². The zero-order valence-corrected chi connectivity index (χ0v) is 41.1. The molecular formula is C62H64BN3. The van der Waals surface area contributed by atoms with E-state index < -0.39 is 0 Å². The molecule has 0 unspecified atom stereocenters. The van der Waals surface area contributed by atoms with Crippen LogP contribution in [-0.2, 0) is 21.7 Å². The van der Waals surface area contributed by atoms with E-state index in [1.54, 1.807) is 0 Å². The van der Waals surface area contributed by atoms with Gasteiger partial charge in [0, 0.05) is 45.2 Å². The molecule has 4 heteroatoms. The first-order valence-corrected chi connectivity index (χ1v) is 23.9. The van der Waals surface area contributed by atoms with Crippen LogP contribution in [0.15, 0.2) is 170 Å².